The first-order chi connectivity index (χ1) is 19.1. The Morgan fingerprint density at radius 1 is 0.950 bits per heavy atom. The van der Waals surface area contributed by atoms with E-state index in [1.54, 1.807) is 6.07 Å². The highest BCUT2D eigenvalue weighted by Gasteiger charge is 2.17. The number of hydrogen-bond donors (Lipinski definition) is 4. The molecule has 0 unspecified atom stereocenters. The van der Waals surface area contributed by atoms with Crippen molar-refractivity contribution in [2.24, 2.45) is 0 Å². The molecule has 13 nitrogen and oxygen atoms in total. The third-order valence-corrected chi connectivity index (χ3v) is 7.78. The minimum absolute atomic E-state index is 0.0149. The first-order valence-electron chi connectivity index (χ1n) is 13.2. The fourth-order valence-corrected chi connectivity index (χ4v) is 4.92. The Morgan fingerprint density at radius 2 is 1.55 bits per heavy atom. The van der Waals surface area contributed by atoms with E-state index in [1.807, 2.05) is 7.05 Å². The van der Waals surface area contributed by atoms with Gasteiger partial charge in [-0.05, 0) is 31.4 Å². The summed E-state index contributed by atoms with van der Waals surface area (Å²) in [6, 6.07) is 3.17. The molecule has 0 fully saturated rings. The van der Waals surface area contributed by atoms with E-state index in [4.69, 9.17) is 28.8 Å². The maximum absolute atomic E-state index is 12.4. The van der Waals surface area contributed by atoms with Crippen LogP contribution in [0.1, 0.15) is 18.4 Å². The predicted octanol–water partition coefficient (Wildman–Crippen LogP) is 0.0969. The Morgan fingerprint density at radius 3 is 2.15 bits per heavy atom. The Balaban J connectivity index is 1.99. The summed E-state index contributed by atoms with van der Waals surface area (Å²) in [4.78, 5) is 28.7. The molecule has 14 heteroatoms. The number of carbonyl (C=O) groups excluding carboxylic acids is 1. The third kappa shape index (κ3) is 19.9. The molecule has 40 heavy (non-hydrogen) atoms. The first kappa shape index (κ1) is 36.0. The second-order valence-electron chi connectivity index (χ2n) is 9.50. The van der Waals surface area contributed by atoms with Gasteiger partial charge in [0.05, 0.1) is 70.7 Å². The lowest BCUT2D eigenvalue weighted by Gasteiger charge is -2.32. The summed E-state index contributed by atoms with van der Waals surface area (Å²) in [6.45, 7) is 5.45. The summed E-state index contributed by atoms with van der Waals surface area (Å²) < 4.78 is 27.0. The molecule has 1 amide bonds. The topological polar surface area (TPSA) is 169 Å². The molecule has 0 atom stereocenters. The minimum Gasteiger partial charge on any atom is -0.492 e. The van der Waals surface area contributed by atoms with Crippen LogP contribution in [0.2, 0.25) is 0 Å². The van der Waals surface area contributed by atoms with Gasteiger partial charge in [0.1, 0.15) is 12.4 Å². The Bertz CT molecular complexity index is 832. The van der Waals surface area contributed by atoms with Crippen molar-refractivity contribution in [2.75, 3.05) is 110 Å². The summed E-state index contributed by atoms with van der Waals surface area (Å²) in [5.74, 6) is 1.08. The fourth-order valence-electron chi connectivity index (χ4n) is 3.15. The van der Waals surface area contributed by atoms with Gasteiger partial charge in [-0.1, -0.05) is 0 Å². The number of aliphatic carboxylic acids is 1. The van der Waals surface area contributed by atoms with Crippen LogP contribution in [0.4, 0.5) is 0 Å². The number of ether oxygens (including phenoxy) is 5. The molecule has 0 bridgehead atoms. The van der Waals surface area contributed by atoms with E-state index < -0.39 is 22.3 Å². The molecule has 4 N–H and O–H groups in total. The molecule has 0 aliphatic rings. The average molecular weight is 594 g/mol. The van der Waals surface area contributed by atoms with Gasteiger partial charge in [-0.2, -0.15) is 0 Å². The van der Waals surface area contributed by atoms with Gasteiger partial charge < -0.3 is 49.2 Å². The predicted molar refractivity (Wildman–Crippen MR) is 152 cm³/mol. The number of aromatic nitrogens is 1. The summed E-state index contributed by atoms with van der Waals surface area (Å²) in [5.41, 5.74) is 0.143. The third-order valence-electron chi connectivity index (χ3n) is 5.45. The molecule has 0 spiro atoms. The van der Waals surface area contributed by atoms with Crippen molar-refractivity contribution in [2.45, 2.75) is 12.7 Å². The quantitative estimate of drug-likeness (QED) is 0.0892. The van der Waals surface area contributed by atoms with Crippen LogP contribution >= 0.6 is 10.0 Å². The molecular weight excluding hydrogens is 546 g/mol. The summed E-state index contributed by atoms with van der Waals surface area (Å²) in [6.07, 6.45) is 4.13. The number of amides is 1. The number of carboxylic acid groups (broad SMARTS) is 1. The van der Waals surface area contributed by atoms with Crippen LogP contribution in [-0.2, 0) is 28.5 Å². The normalized spacial score (nSPS) is 12.2. The molecule has 1 aromatic heterocycles. The fraction of sp³-hybridized carbons (Fsp3) is 0.731. The van der Waals surface area contributed by atoms with Crippen LogP contribution in [0, 0.1) is 0 Å². The van der Waals surface area contributed by atoms with Crippen LogP contribution in [0.25, 0.3) is 0 Å². The van der Waals surface area contributed by atoms with E-state index in [0.717, 1.165) is 12.3 Å². The molecule has 0 aliphatic carbocycles. The number of hydrogen-bond acceptors (Lipinski definition) is 11. The highest BCUT2D eigenvalue weighted by molar-refractivity contribution is 8.33. The SMILES string of the molecule is CN(CCOc1ccnc(C(O)O)c1)CCS(C)(C)CC(=O)NCCOCCOCCOCCOCCC(=O)O. The van der Waals surface area contributed by atoms with E-state index in [1.165, 1.54) is 12.3 Å². The number of nitrogens with zero attached hydrogens (tertiary/aromatic N) is 2. The van der Waals surface area contributed by atoms with Crippen LogP contribution < -0.4 is 10.1 Å². The van der Waals surface area contributed by atoms with Crippen molar-refractivity contribution in [3.63, 3.8) is 0 Å². The van der Waals surface area contributed by atoms with Gasteiger partial charge in [0.2, 0.25) is 5.91 Å². The van der Waals surface area contributed by atoms with Gasteiger partial charge in [-0.3, -0.25) is 14.6 Å². The largest absolute Gasteiger partial charge is 0.492 e. The van der Waals surface area contributed by atoms with Gasteiger partial charge >= 0.3 is 5.97 Å². The molecule has 232 valence electrons. The van der Waals surface area contributed by atoms with Crippen LogP contribution in [-0.4, -0.2) is 147 Å². The Labute approximate surface area is 238 Å². The number of nitrogens with one attached hydrogen (secondary N) is 1. The van der Waals surface area contributed by atoms with Crippen molar-refractivity contribution in [1.29, 1.82) is 0 Å². The average Bonchev–Trinajstić information content (AvgIpc) is 2.89. The Hall–Kier alpha value is -2.04. The number of carboxylic acids is 1. The van der Waals surface area contributed by atoms with Crippen molar-refractivity contribution >= 4 is 21.9 Å². The van der Waals surface area contributed by atoms with E-state index in [0.29, 0.717) is 77.4 Å². The van der Waals surface area contributed by atoms with Crippen LogP contribution in [0.15, 0.2) is 18.3 Å². The smallest absolute Gasteiger partial charge is 0.305 e. The zero-order valence-corrected chi connectivity index (χ0v) is 24.7. The van der Waals surface area contributed by atoms with Crippen LogP contribution in [0.5, 0.6) is 5.75 Å². The lowest BCUT2D eigenvalue weighted by molar-refractivity contribution is -0.138. The summed E-state index contributed by atoms with van der Waals surface area (Å²) in [5, 5.41) is 29.8. The number of likely N-dealkylation sites (N-methyl/N-ethyl adjacent to an activating group) is 1. The zero-order chi connectivity index (χ0) is 29.6. The molecule has 1 aromatic rings. The maximum Gasteiger partial charge on any atom is 0.305 e. The van der Waals surface area contributed by atoms with E-state index in [2.05, 4.69) is 27.7 Å². The highest BCUT2D eigenvalue weighted by atomic mass is 32.3. The van der Waals surface area contributed by atoms with Crippen LogP contribution in [0.3, 0.4) is 0 Å². The molecule has 1 rings (SSSR count). The van der Waals surface area contributed by atoms with Crippen molar-refractivity contribution in [3.05, 3.63) is 24.0 Å². The Kier molecular flexibility index (Phi) is 19.5. The summed E-state index contributed by atoms with van der Waals surface area (Å²) >= 11 is 0. The monoisotopic (exact) mass is 593 g/mol. The second kappa shape index (κ2) is 21.7. The van der Waals surface area contributed by atoms with Gasteiger partial charge in [0.15, 0.2) is 6.29 Å². The van der Waals surface area contributed by atoms with Crippen molar-refractivity contribution < 1.29 is 48.6 Å². The molecule has 0 aliphatic heterocycles. The maximum atomic E-state index is 12.4. The lowest BCUT2D eigenvalue weighted by Crippen LogP contribution is -2.34. The standard InChI is InChI=1S/C26H47N3O10S/c1-29(8-12-39-22-4-6-27-23(20-22)26(33)34)9-19-40(2,3)21-24(30)28-7-11-36-14-16-38-18-17-37-15-13-35-10-5-25(31)32/h4,6,20,26,33-34H,5,7-19,21H2,1-3H3,(H,28,30)(H,31,32). The van der Waals surface area contributed by atoms with Gasteiger partial charge in [-0.25, -0.2) is 10.0 Å². The van der Waals surface area contributed by atoms with Gasteiger partial charge in [0, 0.05) is 31.9 Å². The minimum atomic E-state index is -1.63. The molecule has 0 radical (unpaired) electrons. The second-order valence-corrected chi connectivity index (χ2v) is 13.7. The molecule has 0 saturated heterocycles. The first-order valence-corrected chi connectivity index (χ1v) is 16.0. The van der Waals surface area contributed by atoms with Crippen molar-refractivity contribution in [3.8, 4) is 5.75 Å². The van der Waals surface area contributed by atoms with Crippen molar-refractivity contribution in [1.82, 2.24) is 15.2 Å². The number of carbonyl (C=O) groups is 2. The summed E-state index contributed by atoms with van der Waals surface area (Å²) in [7, 11) is 0.902. The number of aliphatic hydroxyl groups excluding tert-OH is 1. The number of pyridine rings is 1. The number of rotatable bonds is 25. The van der Waals surface area contributed by atoms with E-state index >= 15 is 0 Å². The highest BCUT2D eigenvalue weighted by Crippen LogP contribution is 2.38. The lowest BCUT2D eigenvalue weighted by atomic mass is 10.3. The van der Waals surface area contributed by atoms with E-state index in [9.17, 15) is 19.8 Å². The molecule has 0 saturated carbocycles. The molecule has 1 heterocycles. The molecule has 0 aromatic carbocycles. The van der Waals surface area contributed by atoms with Gasteiger partial charge in [-0.15, -0.1) is 0 Å². The zero-order valence-electron chi connectivity index (χ0n) is 23.9. The number of aliphatic hydroxyl groups is 2. The van der Waals surface area contributed by atoms with Gasteiger partial charge in [0.25, 0.3) is 0 Å². The molecular formula is C26H47N3O10S. The van der Waals surface area contributed by atoms with E-state index in [-0.39, 0.29) is 24.6 Å².